The summed E-state index contributed by atoms with van der Waals surface area (Å²) in [5, 5.41) is 21.9. The Labute approximate surface area is 187 Å². The van der Waals surface area contributed by atoms with Gasteiger partial charge in [0.1, 0.15) is 16.7 Å². The molecule has 5 heterocycles. The van der Waals surface area contributed by atoms with Crippen molar-refractivity contribution in [3.05, 3.63) is 35.6 Å². The van der Waals surface area contributed by atoms with Gasteiger partial charge in [-0.2, -0.15) is 15.1 Å². The second-order valence-electron chi connectivity index (χ2n) is 8.42. The lowest BCUT2D eigenvalue weighted by Gasteiger charge is -2.33. The Bertz CT molecular complexity index is 1280. The van der Waals surface area contributed by atoms with Crippen molar-refractivity contribution in [3.63, 3.8) is 0 Å². The Kier molecular flexibility index (Phi) is 4.35. The van der Waals surface area contributed by atoms with Gasteiger partial charge in [0.05, 0.1) is 0 Å². The number of amides is 1. The Balaban J connectivity index is 1.33. The summed E-state index contributed by atoms with van der Waals surface area (Å²) in [5.74, 6) is 2.26. The molecule has 0 bridgehead atoms. The van der Waals surface area contributed by atoms with Gasteiger partial charge in [0.15, 0.2) is 5.82 Å². The van der Waals surface area contributed by atoms with Crippen molar-refractivity contribution in [2.24, 2.45) is 0 Å². The van der Waals surface area contributed by atoms with Crippen LogP contribution in [0.4, 0.5) is 22.8 Å². The quantitative estimate of drug-likeness (QED) is 0.409. The van der Waals surface area contributed by atoms with Gasteiger partial charge in [-0.15, -0.1) is 10.2 Å². The molecule has 1 aliphatic carbocycles. The summed E-state index contributed by atoms with van der Waals surface area (Å²) < 4.78 is 1.88. The number of hydrogen-bond acceptors (Lipinski definition) is 9. The molecule has 3 N–H and O–H groups in total. The third-order valence-corrected chi connectivity index (χ3v) is 6.79. The van der Waals surface area contributed by atoms with E-state index in [1.165, 1.54) is 24.2 Å². The van der Waals surface area contributed by atoms with Crippen molar-refractivity contribution < 1.29 is 4.79 Å². The van der Waals surface area contributed by atoms with Crippen LogP contribution < -0.4 is 15.5 Å². The first-order valence-corrected chi connectivity index (χ1v) is 11.5. The van der Waals surface area contributed by atoms with E-state index >= 15 is 0 Å². The van der Waals surface area contributed by atoms with E-state index in [0.717, 1.165) is 17.8 Å². The van der Waals surface area contributed by atoms with Crippen molar-refractivity contribution in [2.45, 2.75) is 44.1 Å². The number of anilines is 4. The number of H-pyrrole nitrogens is 1. The van der Waals surface area contributed by atoms with E-state index in [4.69, 9.17) is 9.97 Å². The van der Waals surface area contributed by atoms with E-state index in [-0.39, 0.29) is 5.91 Å². The number of carbonyl (C=O) groups excluding carboxylic acids is 1. The molecule has 32 heavy (non-hydrogen) atoms. The molecule has 6 rings (SSSR count). The normalized spacial score (nSPS) is 20.7. The lowest BCUT2D eigenvalue weighted by Crippen LogP contribution is -2.51. The second kappa shape index (κ2) is 7.26. The minimum atomic E-state index is -0.792. The average Bonchev–Trinajstić information content (AvgIpc) is 3.22. The van der Waals surface area contributed by atoms with Crippen molar-refractivity contribution in [3.8, 4) is 0 Å². The molecule has 164 valence electrons. The fourth-order valence-corrected chi connectivity index (χ4v) is 4.66. The zero-order valence-corrected chi connectivity index (χ0v) is 18.3. The van der Waals surface area contributed by atoms with Gasteiger partial charge in [-0.1, -0.05) is 11.3 Å². The summed E-state index contributed by atoms with van der Waals surface area (Å²) >= 11 is 1.29. The lowest BCUT2D eigenvalue weighted by atomic mass is 9.98. The molecule has 2 fully saturated rings. The Hall–Kier alpha value is -3.54. The highest BCUT2D eigenvalue weighted by molar-refractivity contribution is 7.13. The Morgan fingerprint density at radius 2 is 2.25 bits per heavy atom. The largest absolute Gasteiger partial charge is 0.326 e. The number of hydrogen-bond donors (Lipinski definition) is 3. The van der Waals surface area contributed by atoms with Crippen molar-refractivity contribution >= 4 is 45.7 Å². The number of nitrogens with zero attached hydrogens (tertiary/aromatic N) is 7. The molecule has 12 heteroatoms. The van der Waals surface area contributed by atoms with Gasteiger partial charge in [0, 0.05) is 30.4 Å². The predicted molar refractivity (Wildman–Crippen MR) is 120 cm³/mol. The summed E-state index contributed by atoms with van der Waals surface area (Å²) in [7, 11) is 0. The molecule has 1 atom stereocenters. The van der Waals surface area contributed by atoms with Crippen LogP contribution >= 0.6 is 11.3 Å². The van der Waals surface area contributed by atoms with Gasteiger partial charge in [-0.05, 0) is 44.7 Å². The standard InChI is InChI=1S/C20H22N10OS/c1-20(16(31)24-19-28-21-11-32-19)7-3-9-30(20)18-23-15-4-2-8-29(15)17(25-18)22-14-10-13(26-27-14)12-5-6-12/h2,4,8,10-12H,3,5-7,9H2,1H3,(H,24,28,31)(H2,22,23,25,26,27)/t20-/m0/s1. The summed E-state index contributed by atoms with van der Waals surface area (Å²) in [6.07, 6.45) is 5.87. The number of rotatable bonds is 6. The third kappa shape index (κ3) is 3.27. The molecular formula is C20H22N10OS. The third-order valence-electron chi connectivity index (χ3n) is 6.18. The maximum absolute atomic E-state index is 13.2. The minimum absolute atomic E-state index is 0.138. The predicted octanol–water partition coefficient (Wildman–Crippen LogP) is 2.92. The smallest absolute Gasteiger partial charge is 0.251 e. The summed E-state index contributed by atoms with van der Waals surface area (Å²) in [5.41, 5.74) is 2.69. The molecule has 4 aromatic rings. The van der Waals surface area contributed by atoms with Gasteiger partial charge < -0.3 is 10.2 Å². The monoisotopic (exact) mass is 450 g/mol. The van der Waals surface area contributed by atoms with Gasteiger partial charge in [-0.3, -0.25) is 19.6 Å². The number of nitrogens with one attached hydrogen (secondary N) is 3. The first-order chi connectivity index (χ1) is 15.6. The first kappa shape index (κ1) is 19.2. The molecule has 1 aliphatic heterocycles. The van der Waals surface area contributed by atoms with Crippen LogP contribution in [0.5, 0.6) is 0 Å². The Morgan fingerprint density at radius 3 is 3.06 bits per heavy atom. The molecule has 0 aromatic carbocycles. The summed E-state index contributed by atoms with van der Waals surface area (Å²) in [6.45, 7) is 2.61. The summed E-state index contributed by atoms with van der Waals surface area (Å²) in [4.78, 5) is 24.7. The maximum Gasteiger partial charge on any atom is 0.251 e. The molecule has 0 unspecified atom stereocenters. The van der Waals surface area contributed by atoms with Crippen LogP contribution in [-0.2, 0) is 4.79 Å². The van der Waals surface area contributed by atoms with Gasteiger partial charge in [0.2, 0.25) is 17.0 Å². The van der Waals surface area contributed by atoms with E-state index in [1.807, 2.05) is 40.6 Å². The van der Waals surface area contributed by atoms with E-state index in [0.29, 0.717) is 41.7 Å². The lowest BCUT2D eigenvalue weighted by molar-refractivity contribution is -0.120. The molecule has 4 aromatic heterocycles. The number of carbonyl (C=O) groups is 1. The number of fused-ring (bicyclic) bond motifs is 1. The number of aromatic amines is 1. The van der Waals surface area contributed by atoms with Crippen LogP contribution in [0.3, 0.4) is 0 Å². The molecular weight excluding hydrogens is 428 g/mol. The molecule has 1 amide bonds. The molecule has 1 saturated heterocycles. The van der Waals surface area contributed by atoms with Crippen LogP contribution in [0.15, 0.2) is 29.9 Å². The highest BCUT2D eigenvalue weighted by Gasteiger charge is 2.45. The molecule has 0 spiro atoms. The van der Waals surface area contributed by atoms with Crippen molar-refractivity contribution in [1.82, 2.24) is 34.8 Å². The van der Waals surface area contributed by atoms with Crippen LogP contribution in [0.1, 0.15) is 44.2 Å². The van der Waals surface area contributed by atoms with Gasteiger partial charge >= 0.3 is 0 Å². The van der Waals surface area contributed by atoms with Crippen molar-refractivity contribution in [2.75, 3.05) is 22.1 Å². The topological polar surface area (TPSA) is 129 Å². The zero-order valence-electron chi connectivity index (χ0n) is 17.4. The first-order valence-electron chi connectivity index (χ1n) is 10.6. The van der Waals surface area contributed by atoms with Crippen molar-refractivity contribution in [1.29, 1.82) is 0 Å². The molecule has 1 saturated carbocycles. The highest BCUT2D eigenvalue weighted by Crippen LogP contribution is 2.40. The summed E-state index contributed by atoms with van der Waals surface area (Å²) in [6, 6.07) is 5.88. The van der Waals surface area contributed by atoms with Crippen LogP contribution in [0.2, 0.25) is 0 Å². The Morgan fingerprint density at radius 1 is 1.34 bits per heavy atom. The van der Waals surface area contributed by atoms with E-state index < -0.39 is 5.54 Å². The highest BCUT2D eigenvalue weighted by atomic mass is 32.1. The van der Waals surface area contributed by atoms with E-state index in [2.05, 4.69) is 31.0 Å². The minimum Gasteiger partial charge on any atom is -0.326 e. The maximum atomic E-state index is 13.2. The fourth-order valence-electron chi connectivity index (χ4n) is 4.22. The fraction of sp³-hybridized carbons (Fsp3) is 0.400. The molecule has 11 nitrogen and oxygen atoms in total. The van der Waals surface area contributed by atoms with Crippen LogP contribution in [0.25, 0.3) is 5.65 Å². The molecule has 0 radical (unpaired) electrons. The van der Waals surface area contributed by atoms with Gasteiger partial charge in [0.25, 0.3) is 5.91 Å². The number of aromatic nitrogens is 7. The van der Waals surface area contributed by atoms with E-state index in [9.17, 15) is 4.79 Å². The van der Waals surface area contributed by atoms with Gasteiger partial charge in [-0.25, -0.2) is 0 Å². The zero-order chi connectivity index (χ0) is 21.7. The van der Waals surface area contributed by atoms with E-state index in [1.54, 1.807) is 5.51 Å². The SMILES string of the molecule is C[C@@]1(C(=O)Nc2nncs2)CCCN1c1nc(Nc2cc(C3CC3)[nH]n2)n2cccc2n1. The second-order valence-corrected chi connectivity index (χ2v) is 9.25. The average molecular weight is 451 g/mol. The van der Waals surface area contributed by atoms with Crippen LogP contribution in [-0.4, -0.2) is 52.8 Å². The molecule has 2 aliphatic rings. The van der Waals surface area contributed by atoms with Crippen LogP contribution in [0, 0.1) is 0 Å².